The fourth-order valence-corrected chi connectivity index (χ4v) is 3.90. The molecule has 2 N–H and O–H groups in total. The van der Waals surface area contributed by atoms with Crippen LogP contribution in [0.4, 0.5) is 0 Å². The molecule has 0 saturated carbocycles. The van der Waals surface area contributed by atoms with Crippen LogP contribution in [0.5, 0.6) is 0 Å². The Labute approximate surface area is 154 Å². The number of rotatable bonds is 8. The van der Waals surface area contributed by atoms with Crippen LogP contribution in [0.3, 0.4) is 0 Å². The SMILES string of the molecule is CCN1CCCC1CNC(=NCc1ccsc1)NCCc1ccco1. The molecule has 2 aromatic rings. The molecule has 0 radical (unpaired) electrons. The van der Waals surface area contributed by atoms with Crippen molar-refractivity contribution < 1.29 is 4.42 Å². The largest absolute Gasteiger partial charge is 0.469 e. The molecule has 3 rings (SSSR count). The molecule has 2 aromatic heterocycles. The summed E-state index contributed by atoms with van der Waals surface area (Å²) < 4.78 is 5.40. The van der Waals surface area contributed by atoms with Gasteiger partial charge in [-0.1, -0.05) is 6.92 Å². The molecule has 0 aromatic carbocycles. The predicted molar refractivity (Wildman–Crippen MR) is 104 cm³/mol. The lowest BCUT2D eigenvalue weighted by molar-refractivity contribution is 0.267. The van der Waals surface area contributed by atoms with E-state index >= 15 is 0 Å². The van der Waals surface area contributed by atoms with Crippen molar-refractivity contribution >= 4 is 17.3 Å². The summed E-state index contributed by atoms with van der Waals surface area (Å²) in [5, 5.41) is 11.2. The molecule has 0 amide bonds. The molecule has 25 heavy (non-hydrogen) atoms. The fraction of sp³-hybridized carbons (Fsp3) is 0.526. The highest BCUT2D eigenvalue weighted by Gasteiger charge is 2.22. The van der Waals surface area contributed by atoms with Gasteiger partial charge in [0.15, 0.2) is 5.96 Å². The second kappa shape index (κ2) is 9.63. The van der Waals surface area contributed by atoms with E-state index in [0.29, 0.717) is 12.6 Å². The molecule has 1 fully saturated rings. The Hall–Kier alpha value is -1.79. The Bertz CT molecular complexity index is 624. The summed E-state index contributed by atoms with van der Waals surface area (Å²) in [5.41, 5.74) is 1.26. The second-order valence-electron chi connectivity index (χ2n) is 6.36. The smallest absolute Gasteiger partial charge is 0.191 e. The molecular weight excluding hydrogens is 332 g/mol. The van der Waals surface area contributed by atoms with E-state index in [2.05, 4.69) is 39.3 Å². The first-order valence-electron chi connectivity index (χ1n) is 9.15. The number of aliphatic imine (C=N–C) groups is 1. The molecular formula is C19H28N4OS. The van der Waals surface area contributed by atoms with Crippen LogP contribution in [0.15, 0.2) is 44.6 Å². The second-order valence-corrected chi connectivity index (χ2v) is 7.14. The maximum atomic E-state index is 5.40. The zero-order valence-electron chi connectivity index (χ0n) is 14.9. The Balaban J connectivity index is 1.52. The molecule has 5 nitrogen and oxygen atoms in total. The van der Waals surface area contributed by atoms with Crippen molar-refractivity contribution in [1.29, 1.82) is 0 Å². The lowest BCUT2D eigenvalue weighted by atomic mass is 10.2. The van der Waals surface area contributed by atoms with Gasteiger partial charge in [0.2, 0.25) is 0 Å². The number of furan rings is 1. The van der Waals surface area contributed by atoms with Crippen LogP contribution in [-0.4, -0.2) is 43.1 Å². The third-order valence-electron chi connectivity index (χ3n) is 4.65. The van der Waals surface area contributed by atoms with Gasteiger partial charge in [-0.25, -0.2) is 4.99 Å². The van der Waals surface area contributed by atoms with E-state index in [0.717, 1.165) is 37.8 Å². The summed E-state index contributed by atoms with van der Waals surface area (Å²) in [5.74, 6) is 1.89. The lowest BCUT2D eigenvalue weighted by Gasteiger charge is -2.24. The average Bonchev–Trinajstić information content (AvgIpc) is 3.39. The molecule has 1 saturated heterocycles. The van der Waals surface area contributed by atoms with Gasteiger partial charge in [-0.3, -0.25) is 4.90 Å². The quantitative estimate of drug-likeness (QED) is 0.561. The van der Waals surface area contributed by atoms with Crippen LogP contribution in [-0.2, 0) is 13.0 Å². The van der Waals surface area contributed by atoms with Crippen LogP contribution in [0.2, 0.25) is 0 Å². The number of likely N-dealkylation sites (N-methyl/N-ethyl adjacent to an activating group) is 1. The molecule has 1 aliphatic heterocycles. The summed E-state index contributed by atoms with van der Waals surface area (Å²) in [6.45, 7) is 7.05. The van der Waals surface area contributed by atoms with Crippen LogP contribution < -0.4 is 10.6 Å². The Morgan fingerprint density at radius 1 is 1.40 bits per heavy atom. The average molecular weight is 361 g/mol. The summed E-state index contributed by atoms with van der Waals surface area (Å²) >= 11 is 1.72. The summed E-state index contributed by atoms with van der Waals surface area (Å²) in [6, 6.07) is 6.68. The van der Waals surface area contributed by atoms with Crippen molar-refractivity contribution in [3.05, 3.63) is 46.5 Å². The minimum atomic E-state index is 0.614. The molecule has 0 bridgehead atoms. The van der Waals surface area contributed by atoms with E-state index in [1.165, 1.54) is 24.9 Å². The number of nitrogens with zero attached hydrogens (tertiary/aromatic N) is 2. The number of guanidine groups is 1. The summed E-state index contributed by atoms with van der Waals surface area (Å²) in [6.07, 6.45) is 5.15. The molecule has 3 heterocycles. The van der Waals surface area contributed by atoms with Gasteiger partial charge in [-0.2, -0.15) is 11.3 Å². The van der Waals surface area contributed by atoms with E-state index in [9.17, 15) is 0 Å². The fourth-order valence-electron chi connectivity index (χ4n) is 3.24. The van der Waals surface area contributed by atoms with Gasteiger partial charge in [-0.05, 0) is 60.5 Å². The Morgan fingerprint density at radius 2 is 2.36 bits per heavy atom. The van der Waals surface area contributed by atoms with Crippen LogP contribution >= 0.6 is 11.3 Å². The molecule has 1 atom stereocenters. The number of hydrogen-bond acceptors (Lipinski definition) is 4. The Morgan fingerprint density at radius 3 is 3.12 bits per heavy atom. The third-order valence-corrected chi connectivity index (χ3v) is 5.39. The van der Waals surface area contributed by atoms with Gasteiger partial charge in [0.05, 0.1) is 12.8 Å². The van der Waals surface area contributed by atoms with Crippen molar-refractivity contribution in [2.45, 2.75) is 38.8 Å². The molecule has 0 spiro atoms. The van der Waals surface area contributed by atoms with Crippen molar-refractivity contribution in [1.82, 2.24) is 15.5 Å². The van der Waals surface area contributed by atoms with Gasteiger partial charge >= 0.3 is 0 Å². The van der Waals surface area contributed by atoms with Crippen LogP contribution in [0.25, 0.3) is 0 Å². The van der Waals surface area contributed by atoms with Gasteiger partial charge < -0.3 is 15.1 Å². The minimum Gasteiger partial charge on any atom is -0.469 e. The van der Waals surface area contributed by atoms with Crippen molar-refractivity contribution in [3.8, 4) is 0 Å². The van der Waals surface area contributed by atoms with Gasteiger partial charge in [0.1, 0.15) is 5.76 Å². The topological polar surface area (TPSA) is 52.8 Å². The molecule has 1 aliphatic rings. The van der Waals surface area contributed by atoms with Crippen molar-refractivity contribution in [3.63, 3.8) is 0 Å². The van der Waals surface area contributed by atoms with Gasteiger partial charge in [0, 0.05) is 25.6 Å². The highest BCUT2D eigenvalue weighted by atomic mass is 32.1. The normalized spacial score (nSPS) is 18.6. The van der Waals surface area contributed by atoms with E-state index in [1.807, 2.05) is 12.1 Å². The zero-order valence-corrected chi connectivity index (χ0v) is 15.7. The summed E-state index contributed by atoms with van der Waals surface area (Å²) in [7, 11) is 0. The zero-order chi connectivity index (χ0) is 17.3. The first-order valence-corrected chi connectivity index (χ1v) is 10.1. The molecule has 0 aliphatic carbocycles. The number of likely N-dealkylation sites (tertiary alicyclic amines) is 1. The number of nitrogens with one attached hydrogen (secondary N) is 2. The molecule has 136 valence electrons. The predicted octanol–water partition coefficient (Wildman–Crippen LogP) is 3.10. The van der Waals surface area contributed by atoms with Crippen LogP contribution in [0.1, 0.15) is 31.1 Å². The van der Waals surface area contributed by atoms with E-state index in [4.69, 9.17) is 9.41 Å². The van der Waals surface area contributed by atoms with Crippen LogP contribution in [0, 0.1) is 0 Å². The first-order chi connectivity index (χ1) is 12.3. The maximum Gasteiger partial charge on any atom is 0.191 e. The van der Waals surface area contributed by atoms with Crippen molar-refractivity contribution in [2.24, 2.45) is 4.99 Å². The number of thiophene rings is 1. The van der Waals surface area contributed by atoms with E-state index < -0.39 is 0 Å². The van der Waals surface area contributed by atoms with E-state index in [-0.39, 0.29) is 0 Å². The van der Waals surface area contributed by atoms with Crippen molar-refractivity contribution in [2.75, 3.05) is 26.2 Å². The first kappa shape index (κ1) is 18.0. The highest BCUT2D eigenvalue weighted by molar-refractivity contribution is 7.07. The highest BCUT2D eigenvalue weighted by Crippen LogP contribution is 2.15. The minimum absolute atomic E-state index is 0.614. The van der Waals surface area contributed by atoms with Gasteiger partial charge in [0.25, 0.3) is 0 Å². The number of hydrogen-bond donors (Lipinski definition) is 2. The third kappa shape index (κ3) is 5.61. The van der Waals surface area contributed by atoms with Gasteiger partial charge in [-0.15, -0.1) is 0 Å². The lowest BCUT2D eigenvalue weighted by Crippen LogP contribution is -2.45. The monoisotopic (exact) mass is 360 g/mol. The molecule has 6 heteroatoms. The molecule has 1 unspecified atom stereocenters. The Kier molecular flexibility index (Phi) is 6.94. The summed E-state index contributed by atoms with van der Waals surface area (Å²) in [4.78, 5) is 7.30. The van der Waals surface area contributed by atoms with E-state index in [1.54, 1.807) is 17.6 Å². The standard InChI is InChI=1S/C19H28N4OS/c1-2-23-10-3-5-17(23)14-22-19(21-13-16-8-12-25-15-16)20-9-7-18-6-4-11-24-18/h4,6,8,11-12,15,17H,2-3,5,7,9-10,13-14H2,1H3,(H2,20,21,22). The maximum absolute atomic E-state index is 5.40.